The molecule has 0 aliphatic carbocycles. The predicted molar refractivity (Wildman–Crippen MR) is 121 cm³/mol. The van der Waals surface area contributed by atoms with Crippen LogP contribution in [0.5, 0.6) is 5.75 Å². The lowest BCUT2D eigenvalue weighted by Crippen LogP contribution is -2.25. The Balaban J connectivity index is 2.03. The number of benzene rings is 3. The van der Waals surface area contributed by atoms with Crippen molar-refractivity contribution in [3.05, 3.63) is 82.3 Å². The highest BCUT2D eigenvalue weighted by Gasteiger charge is 2.22. The molecule has 0 heterocycles. The van der Waals surface area contributed by atoms with Crippen molar-refractivity contribution in [3.8, 4) is 16.9 Å². The average molecular weight is 468 g/mol. The van der Waals surface area contributed by atoms with Crippen molar-refractivity contribution in [3.63, 3.8) is 0 Å². The van der Waals surface area contributed by atoms with Crippen LogP contribution in [0.15, 0.2) is 71.2 Å². The highest BCUT2D eigenvalue weighted by Crippen LogP contribution is 2.29. The quantitative estimate of drug-likeness (QED) is 0.459. The monoisotopic (exact) mass is 467 g/mol. The summed E-state index contributed by atoms with van der Waals surface area (Å²) in [5, 5.41) is 12.8. The van der Waals surface area contributed by atoms with E-state index in [4.69, 9.17) is 4.74 Å². The lowest BCUT2D eigenvalue weighted by molar-refractivity contribution is 0.00708. The molecule has 0 aliphatic rings. The number of rotatable bonds is 4. The number of esters is 1. The van der Waals surface area contributed by atoms with Gasteiger partial charge in [0.2, 0.25) is 0 Å². The summed E-state index contributed by atoms with van der Waals surface area (Å²) < 4.78 is 6.14. The first-order chi connectivity index (χ1) is 14.1. The average Bonchev–Trinajstić information content (AvgIpc) is 2.69. The van der Waals surface area contributed by atoms with Gasteiger partial charge >= 0.3 is 5.97 Å². The molecule has 0 aliphatic heterocycles. The van der Waals surface area contributed by atoms with Crippen molar-refractivity contribution < 1.29 is 19.4 Å². The SMILES string of the molecule is CC(C)(C)OC(=O)c1ccc(-c2ccccc2)cc1NC(=O)c1cc(Br)ccc1O. The fraction of sp³-hybridized carbons (Fsp3) is 0.167. The van der Waals surface area contributed by atoms with Crippen molar-refractivity contribution in [1.82, 2.24) is 0 Å². The smallest absolute Gasteiger partial charge is 0.340 e. The number of carbonyl (C=O) groups is 2. The summed E-state index contributed by atoms with van der Waals surface area (Å²) in [5.41, 5.74) is 1.71. The molecule has 0 spiro atoms. The maximum Gasteiger partial charge on any atom is 0.340 e. The van der Waals surface area contributed by atoms with Gasteiger partial charge in [0.1, 0.15) is 11.4 Å². The second-order valence-corrected chi connectivity index (χ2v) is 8.66. The maximum atomic E-state index is 12.9. The number of halogens is 1. The zero-order valence-corrected chi connectivity index (χ0v) is 18.5. The second-order valence-electron chi connectivity index (χ2n) is 7.74. The molecule has 30 heavy (non-hydrogen) atoms. The van der Waals surface area contributed by atoms with Crippen molar-refractivity contribution >= 4 is 33.5 Å². The summed E-state index contributed by atoms with van der Waals surface area (Å²) in [6.07, 6.45) is 0. The summed E-state index contributed by atoms with van der Waals surface area (Å²) in [7, 11) is 0. The lowest BCUT2D eigenvalue weighted by Gasteiger charge is -2.21. The topological polar surface area (TPSA) is 75.6 Å². The number of anilines is 1. The molecule has 3 aromatic rings. The van der Waals surface area contributed by atoms with E-state index >= 15 is 0 Å². The summed E-state index contributed by atoms with van der Waals surface area (Å²) in [6, 6.07) is 19.3. The molecule has 0 atom stereocenters. The van der Waals surface area contributed by atoms with Crippen LogP contribution < -0.4 is 5.32 Å². The lowest BCUT2D eigenvalue weighted by atomic mass is 10.0. The van der Waals surface area contributed by atoms with Gasteiger partial charge in [0.25, 0.3) is 5.91 Å². The van der Waals surface area contributed by atoms with Gasteiger partial charge in [-0.1, -0.05) is 52.3 Å². The van der Waals surface area contributed by atoms with Crippen LogP contribution in [0.1, 0.15) is 41.5 Å². The van der Waals surface area contributed by atoms with Gasteiger partial charge in [0.15, 0.2) is 0 Å². The zero-order chi connectivity index (χ0) is 21.9. The Hall–Kier alpha value is -3.12. The highest BCUT2D eigenvalue weighted by molar-refractivity contribution is 9.10. The fourth-order valence-corrected chi connectivity index (χ4v) is 3.21. The molecular formula is C24H22BrNO4. The first-order valence-electron chi connectivity index (χ1n) is 9.37. The largest absolute Gasteiger partial charge is 0.507 e. The summed E-state index contributed by atoms with van der Waals surface area (Å²) in [5.74, 6) is -1.24. The van der Waals surface area contributed by atoms with Gasteiger partial charge in [-0.25, -0.2) is 4.79 Å². The number of hydrogen-bond acceptors (Lipinski definition) is 4. The summed E-state index contributed by atoms with van der Waals surface area (Å²) >= 11 is 3.30. The number of phenolic OH excluding ortho intramolecular Hbond substituents is 1. The first-order valence-corrected chi connectivity index (χ1v) is 10.2. The van der Waals surface area contributed by atoms with Crippen LogP contribution in [0, 0.1) is 0 Å². The fourth-order valence-electron chi connectivity index (χ4n) is 2.85. The molecule has 5 nitrogen and oxygen atoms in total. The molecule has 3 aromatic carbocycles. The molecule has 0 saturated carbocycles. The van der Waals surface area contributed by atoms with E-state index in [0.29, 0.717) is 10.2 Å². The van der Waals surface area contributed by atoms with E-state index in [1.165, 1.54) is 12.1 Å². The van der Waals surface area contributed by atoms with Gasteiger partial charge in [0, 0.05) is 4.47 Å². The number of hydrogen-bond donors (Lipinski definition) is 2. The van der Waals surface area contributed by atoms with E-state index in [-0.39, 0.29) is 16.9 Å². The Labute approximate surface area is 183 Å². The van der Waals surface area contributed by atoms with Crippen molar-refractivity contribution in [1.29, 1.82) is 0 Å². The molecule has 0 radical (unpaired) electrons. The minimum atomic E-state index is -0.682. The van der Waals surface area contributed by atoms with E-state index in [2.05, 4.69) is 21.2 Å². The molecule has 3 rings (SSSR count). The van der Waals surface area contributed by atoms with Crippen LogP contribution in [0.2, 0.25) is 0 Å². The van der Waals surface area contributed by atoms with Gasteiger partial charge < -0.3 is 15.2 Å². The van der Waals surface area contributed by atoms with E-state index in [1.54, 1.807) is 45.0 Å². The summed E-state index contributed by atoms with van der Waals surface area (Å²) in [4.78, 5) is 25.6. The molecular weight excluding hydrogens is 446 g/mol. The molecule has 2 N–H and O–H groups in total. The van der Waals surface area contributed by atoms with Crippen molar-refractivity contribution in [2.45, 2.75) is 26.4 Å². The Morgan fingerprint density at radius 1 is 0.900 bits per heavy atom. The zero-order valence-electron chi connectivity index (χ0n) is 16.9. The number of carbonyl (C=O) groups excluding carboxylic acids is 2. The molecule has 0 fully saturated rings. The molecule has 1 amide bonds. The minimum Gasteiger partial charge on any atom is -0.507 e. The van der Waals surface area contributed by atoms with E-state index < -0.39 is 17.5 Å². The number of aromatic hydroxyl groups is 1. The highest BCUT2D eigenvalue weighted by atomic mass is 79.9. The van der Waals surface area contributed by atoms with Gasteiger partial charge in [-0.2, -0.15) is 0 Å². The predicted octanol–water partition coefficient (Wildman–Crippen LogP) is 6.03. The number of phenols is 1. The van der Waals surface area contributed by atoms with E-state index in [9.17, 15) is 14.7 Å². The first kappa shape index (κ1) is 21.6. The van der Waals surface area contributed by atoms with Gasteiger partial charge in [-0.3, -0.25) is 4.79 Å². The Morgan fingerprint density at radius 2 is 1.60 bits per heavy atom. The third-order valence-electron chi connectivity index (χ3n) is 4.20. The van der Waals surface area contributed by atoms with Crippen LogP contribution in [0.4, 0.5) is 5.69 Å². The third-order valence-corrected chi connectivity index (χ3v) is 4.69. The molecule has 6 heteroatoms. The second kappa shape index (κ2) is 8.71. The molecule has 0 bridgehead atoms. The van der Waals surface area contributed by atoms with Gasteiger partial charge in [0.05, 0.1) is 16.8 Å². The molecule has 154 valence electrons. The standard InChI is InChI=1S/C24H22BrNO4/c1-24(2,3)30-23(29)18-11-9-16(15-7-5-4-6-8-15)13-20(18)26-22(28)19-14-17(25)10-12-21(19)27/h4-14,27H,1-3H3,(H,26,28). The van der Waals surface area contributed by atoms with Crippen LogP contribution in [-0.4, -0.2) is 22.6 Å². The van der Waals surface area contributed by atoms with E-state index in [0.717, 1.165) is 11.1 Å². The Bertz CT molecular complexity index is 1090. The number of nitrogens with one attached hydrogen (secondary N) is 1. The minimum absolute atomic E-state index is 0.0876. The number of ether oxygens (including phenoxy) is 1. The molecule has 0 aromatic heterocycles. The van der Waals surface area contributed by atoms with Gasteiger partial charge in [-0.15, -0.1) is 0 Å². The number of amides is 1. The van der Waals surface area contributed by atoms with Crippen molar-refractivity contribution in [2.24, 2.45) is 0 Å². The van der Waals surface area contributed by atoms with Crippen LogP contribution in [0.25, 0.3) is 11.1 Å². The Morgan fingerprint density at radius 3 is 2.27 bits per heavy atom. The molecule has 0 saturated heterocycles. The summed E-state index contributed by atoms with van der Waals surface area (Å²) in [6.45, 7) is 5.34. The van der Waals surface area contributed by atoms with Crippen LogP contribution >= 0.6 is 15.9 Å². The Kier molecular flexibility index (Phi) is 6.27. The normalized spacial score (nSPS) is 11.1. The molecule has 0 unspecified atom stereocenters. The van der Waals surface area contributed by atoms with E-state index in [1.807, 2.05) is 30.3 Å². The van der Waals surface area contributed by atoms with Gasteiger partial charge in [-0.05, 0) is 62.2 Å². The maximum absolute atomic E-state index is 12.9. The van der Waals surface area contributed by atoms with Crippen LogP contribution in [-0.2, 0) is 4.74 Å². The third kappa shape index (κ3) is 5.27. The van der Waals surface area contributed by atoms with Crippen LogP contribution in [0.3, 0.4) is 0 Å². The van der Waals surface area contributed by atoms with Crippen molar-refractivity contribution in [2.75, 3.05) is 5.32 Å².